The molecule has 1 aliphatic rings. The minimum atomic E-state index is -0.1000. The molecule has 2 heterocycles. The maximum absolute atomic E-state index is 13.1. The van der Waals surface area contributed by atoms with E-state index >= 15 is 0 Å². The van der Waals surface area contributed by atoms with E-state index in [1.807, 2.05) is 24.3 Å². The monoisotopic (exact) mass is 518 g/mol. The zero-order valence-corrected chi connectivity index (χ0v) is 23.1. The molecule has 0 N–H and O–H groups in total. The number of benzene rings is 2. The Morgan fingerprint density at radius 2 is 1.76 bits per heavy atom. The molecule has 3 unspecified atom stereocenters. The Bertz CT molecular complexity index is 1590. The predicted octanol–water partition coefficient (Wildman–Crippen LogP) is 5.25. The lowest BCUT2D eigenvalue weighted by molar-refractivity contribution is 0.104. The number of carbonyl (C=O) groups is 1. The molecule has 0 amide bonds. The van der Waals surface area contributed by atoms with E-state index in [0.717, 1.165) is 36.7 Å². The Morgan fingerprint density at radius 1 is 1.09 bits per heavy atom. The van der Waals surface area contributed by atoms with E-state index in [0.29, 0.717) is 33.8 Å². The van der Waals surface area contributed by atoms with Crippen molar-refractivity contribution in [3.8, 4) is 16.6 Å². The molecule has 0 radical (unpaired) electrons. The molecular formula is C26H21N2O2P3S. The average molecular weight is 518 g/mol. The molecule has 0 aliphatic heterocycles. The highest BCUT2D eigenvalue weighted by atomic mass is 32.1. The summed E-state index contributed by atoms with van der Waals surface area (Å²) in [6.07, 6.45) is 1.73. The van der Waals surface area contributed by atoms with E-state index in [1.165, 1.54) is 11.1 Å². The maximum atomic E-state index is 13.1. The second-order valence-corrected chi connectivity index (χ2v) is 11.0. The number of ketones is 1. The van der Waals surface area contributed by atoms with Crippen molar-refractivity contribution in [1.82, 2.24) is 4.98 Å². The van der Waals surface area contributed by atoms with Crippen molar-refractivity contribution < 1.29 is 9.21 Å². The van der Waals surface area contributed by atoms with Crippen LogP contribution in [0.25, 0.3) is 32.6 Å². The van der Waals surface area contributed by atoms with Crippen LogP contribution in [0.1, 0.15) is 39.7 Å². The molecule has 0 saturated heterocycles. The van der Waals surface area contributed by atoms with Crippen LogP contribution in [0.15, 0.2) is 45.9 Å². The van der Waals surface area contributed by atoms with Gasteiger partial charge in [0.15, 0.2) is 5.78 Å². The number of furan rings is 1. The first-order chi connectivity index (χ1) is 16.2. The SMILES string of the molecule is C/C(C#N)=C1/C(=C/c2cc3sc(-c4c(P)c(C)c(C)c(P)c4P)nc3o2)C(=O)c2ccccc21. The van der Waals surface area contributed by atoms with E-state index in [9.17, 15) is 10.1 Å². The van der Waals surface area contributed by atoms with Gasteiger partial charge in [-0.05, 0) is 59.5 Å². The van der Waals surface area contributed by atoms with Gasteiger partial charge in [0.05, 0.1) is 10.8 Å². The lowest BCUT2D eigenvalue weighted by atomic mass is 9.99. The summed E-state index contributed by atoms with van der Waals surface area (Å²) in [6, 6.07) is 11.5. The van der Waals surface area contributed by atoms with Crippen LogP contribution >= 0.6 is 39.1 Å². The molecule has 1 aliphatic carbocycles. The third-order valence-electron chi connectivity index (χ3n) is 6.31. The molecule has 168 valence electrons. The molecule has 5 rings (SSSR count). The second kappa shape index (κ2) is 8.64. The zero-order chi connectivity index (χ0) is 24.3. The van der Waals surface area contributed by atoms with E-state index in [4.69, 9.17) is 9.40 Å². The number of nitriles is 1. The van der Waals surface area contributed by atoms with Gasteiger partial charge < -0.3 is 4.42 Å². The average Bonchev–Trinajstić information content (AvgIpc) is 3.47. The lowest BCUT2D eigenvalue weighted by Crippen LogP contribution is -2.25. The summed E-state index contributed by atoms with van der Waals surface area (Å²) in [5.41, 5.74) is 7.12. The molecule has 0 bridgehead atoms. The topological polar surface area (TPSA) is 66.9 Å². The summed E-state index contributed by atoms with van der Waals surface area (Å²) in [5.74, 6) is 0.445. The molecule has 4 nitrogen and oxygen atoms in total. The molecule has 2 aromatic carbocycles. The number of hydrogen-bond donors (Lipinski definition) is 0. The number of thiazole rings is 1. The van der Waals surface area contributed by atoms with Gasteiger partial charge in [0.1, 0.15) is 10.8 Å². The van der Waals surface area contributed by atoms with Crippen molar-refractivity contribution in [3.63, 3.8) is 0 Å². The Kier molecular flexibility index (Phi) is 5.92. The number of fused-ring (bicyclic) bond motifs is 2. The van der Waals surface area contributed by atoms with Crippen LogP contribution in [0.5, 0.6) is 0 Å². The molecule has 4 aromatic rings. The summed E-state index contributed by atoms with van der Waals surface area (Å²) < 4.78 is 6.96. The van der Waals surface area contributed by atoms with Crippen molar-refractivity contribution in [2.45, 2.75) is 20.8 Å². The second-order valence-electron chi connectivity index (χ2n) is 8.25. The third kappa shape index (κ3) is 3.53. The van der Waals surface area contributed by atoms with Gasteiger partial charge in [0.25, 0.3) is 0 Å². The fraction of sp³-hybridized carbons (Fsp3) is 0.115. The summed E-state index contributed by atoms with van der Waals surface area (Å²) in [4.78, 5) is 17.9. The van der Waals surface area contributed by atoms with Crippen LogP contribution in [0.4, 0.5) is 0 Å². The Morgan fingerprint density at radius 3 is 2.44 bits per heavy atom. The number of Topliss-reactive ketones (excluding diaryl/α,β-unsaturated/α-hetero) is 1. The van der Waals surface area contributed by atoms with Crippen LogP contribution in [-0.2, 0) is 0 Å². The fourth-order valence-electron chi connectivity index (χ4n) is 4.28. The van der Waals surface area contributed by atoms with Crippen molar-refractivity contribution in [2.24, 2.45) is 0 Å². The normalized spacial score (nSPS) is 15.8. The first-order valence-corrected chi connectivity index (χ1v) is 13.1. The molecule has 3 atom stereocenters. The molecule has 0 spiro atoms. The van der Waals surface area contributed by atoms with Crippen molar-refractivity contribution in [1.29, 1.82) is 5.26 Å². The van der Waals surface area contributed by atoms with Gasteiger partial charge in [-0.3, -0.25) is 4.79 Å². The molecule has 0 fully saturated rings. The van der Waals surface area contributed by atoms with Gasteiger partial charge in [-0.1, -0.05) is 24.3 Å². The van der Waals surface area contributed by atoms with Crippen molar-refractivity contribution in [2.75, 3.05) is 0 Å². The molecule has 2 aromatic heterocycles. The molecule has 0 saturated carbocycles. The van der Waals surface area contributed by atoms with Crippen LogP contribution in [0.2, 0.25) is 0 Å². The van der Waals surface area contributed by atoms with E-state index in [2.05, 4.69) is 47.6 Å². The summed E-state index contributed by atoms with van der Waals surface area (Å²) in [7, 11) is 8.52. The Hall–Kier alpha value is -2.46. The standard InChI is InChI=1S/C26H21N2O2P3S/c1-11(10-27)19-15-6-4-5-7-16(15)21(29)17(19)8-14-9-18-25(30-14)28-26(34-18)20-22(31)12(2)13(3)23(32)24(20)33/h4-9H,31-33H2,1-3H3/b17-8-,19-11-. The van der Waals surface area contributed by atoms with Crippen LogP contribution in [0.3, 0.4) is 0 Å². The Balaban J connectivity index is 1.61. The Labute approximate surface area is 208 Å². The minimum Gasteiger partial charge on any atom is -0.437 e. The molecular weight excluding hydrogens is 497 g/mol. The first-order valence-electron chi connectivity index (χ1n) is 10.5. The van der Waals surface area contributed by atoms with Gasteiger partial charge >= 0.3 is 0 Å². The molecule has 8 heteroatoms. The van der Waals surface area contributed by atoms with Crippen LogP contribution in [-0.4, -0.2) is 10.8 Å². The van der Waals surface area contributed by atoms with E-state index < -0.39 is 0 Å². The van der Waals surface area contributed by atoms with Gasteiger partial charge in [0, 0.05) is 33.9 Å². The zero-order valence-electron chi connectivity index (χ0n) is 18.8. The number of hydrogen-bond acceptors (Lipinski definition) is 5. The van der Waals surface area contributed by atoms with E-state index in [1.54, 1.807) is 30.4 Å². The van der Waals surface area contributed by atoms with Gasteiger partial charge in [-0.15, -0.1) is 39.1 Å². The predicted molar refractivity (Wildman–Crippen MR) is 152 cm³/mol. The van der Waals surface area contributed by atoms with Gasteiger partial charge in [0.2, 0.25) is 5.71 Å². The van der Waals surface area contributed by atoms with Crippen LogP contribution in [0, 0.1) is 25.2 Å². The number of rotatable bonds is 2. The summed E-state index contributed by atoms with van der Waals surface area (Å²) in [6.45, 7) is 5.97. The van der Waals surface area contributed by atoms with Crippen LogP contribution < -0.4 is 15.9 Å². The number of nitrogens with zero attached hydrogens (tertiary/aromatic N) is 2. The van der Waals surface area contributed by atoms with Gasteiger partial charge in [-0.25, -0.2) is 4.98 Å². The first kappa shape index (κ1) is 23.3. The summed E-state index contributed by atoms with van der Waals surface area (Å²) in [5, 5.41) is 13.8. The highest BCUT2D eigenvalue weighted by Gasteiger charge is 2.31. The fourth-order valence-corrected chi connectivity index (χ4v) is 7.04. The smallest absolute Gasteiger partial charge is 0.238 e. The molecule has 34 heavy (non-hydrogen) atoms. The van der Waals surface area contributed by atoms with Crippen molar-refractivity contribution in [3.05, 3.63) is 69.5 Å². The van der Waals surface area contributed by atoms with Gasteiger partial charge in [-0.2, -0.15) is 5.26 Å². The third-order valence-corrected chi connectivity index (χ3v) is 9.71. The highest BCUT2D eigenvalue weighted by molar-refractivity contribution is 7.37. The quantitative estimate of drug-likeness (QED) is 0.207. The van der Waals surface area contributed by atoms with E-state index in [-0.39, 0.29) is 5.78 Å². The number of carbonyl (C=O) groups excluding carboxylic acids is 1. The van der Waals surface area contributed by atoms with Crippen molar-refractivity contribution >= 4 is 82.8 Å². The lowest BCUT2D eigenvalue weighted by Gasteiger charge is -2.16. The number of aromatic nitrogens is 1. The minimum absolute atomic E-state index is 0.1000. The maximum Gasteiger partial charge on any atom is 0.238 e. The highest BCUT2D eigenvalue weighted by Crippen LogP contribution is 2.40. The largest absolute Gasteiger partial charge is 0.437 e. The number of allylic oxidation sites excluding steroid dienone is 3. The summed E-state index contributed by atoms with van der Waals surface area (Å²) >= 11 is 1.56.